The highest BCUT2D eigenvalue weighted by molar-refractivity contribution is 7.84. The van der Waals surface area contributed by atoms with Gasteiger partial charge in [0.2, 0.25) is 5.91 Å². The summed E-state index contributed by atoms with van der Waals surface area (Å²) in [6.07, 6.45) is 0.529. The average molecular weight is 181 g/mol. The number of carbonyl (C=O) groups is 1. The largest absolute Gasteiger partial charge is 0.359 e. The molecular weight excluding hydrogens is 170 g/mol. The Morgan fingerprint density at radius 1 is 1.64 bits per heavy atom. The van der Waals surface area contributed by atoms with Gasteiger partial charge < -0.3 is 0 Å². The van der Waals surface area contributed by atoms with Crippen LogP contribution in [0.25, 0.3) is 0 Å². The minimum Gasteiger partial charge on any atom is -0.274 e. The first-order valence-corrected chi connectivity index (χ1v) is 4.60. The summed E-state index contributed by atoms with van der Waals surface area (Å²) in [4.78, 5) is 10.7. The molecule has 0 aliphatic rings. The van der Waals surface area contributed by atoms with Crippen molar-refractivity contribution in [3.8, 4) is 0 Å². The smallest absolute Gasteiger partial charge is 0.274 e. The molecule has 0 aliphatic heterocycles. The van der Waals surface area contributed by atoms with E-state index in [0.717, 1.165) is 0 Å². The fourth-order valence-corrected chi connectivity index (χ4v) is 0.869. The molecule has 0 aromatic carbocycles. The Hall–Kier alpha value is -0.620. The average Bonchev–Trinajstić information content (AvgIpc) is 1.82. The van der Waals surface area contributed by atoms with Gasteiger partial charge in [-0.3, -0.25) is 9.35 Å². The molecule has 2 N–H and O–H groups in total. The van der Waals surface area contributed by atoms with Crippen molar-refractivity contribution in [1.82, 2.24) is 4.72 Å². The monoisotopic (exact) mass is 181 g/mol. The Labute approximate surface area is 65.7 Å². The molecule has 0 bridgehead atoms. The third kappa shape index (κ3) is 4.74. The molecule has 1 atom stereocenters. The van der Waals surface area contributed by atoms with E-state index in [1.165, 1.54) is 4.72 Å². The van der Waals surface area contributed by atoms with Gasteiger partial charge in [0.25, 0.3) is 0 Å². The van der Waals surface area contributed by atoms with E-state index in [0.29, 0.717) is 6.42 Å². The maximum Gasteiger partial charge on any atom is 0.359 e. The molecule has 0 saturated heterocycles. The minimum atomic E-state index is -4.38. The van der Waals surface area contributed by atoms with E-state index in [1.54, 1.807) is 13.8 Å². The lowest BCUT2D eigenvalue weighted by Gasteiger charge is -2.05. The van der Waals surface area contributed by atoms with Crippen LogP contribution in [0.4, 0.5) is 0 Å². The van der Waals surface area contributed by atoms with Gasteiger partial charge >= 0.3 is 10.3 Å². The van der Waals surface area contributed by atoms with Crippen molar-refractivity contribution in [2.24, 2.45) is 5.92 Å². The van der Waals surface area contributed by atoms with E-state index in [-0.39, 0.29) is 0 Å². The maximum absolute atomic E-state index is 10.7. The van der Waals surface area contributed by atoms with Crippen LogP contribution in [0, 0.1) is 5.92 Å². The Morgan fingerprint density at radius 2 is 2.09 bits per heavy atom. The molecule has 1 unspecified atom stereocenters. The van der Waals surface area contributed by atoms with Gasteiger partial charge in [0.15, 0.2) is 0 Å². The van der Waals surface area contributed by atoms with Gasteiger partial charge in [-0.15, -0.1) is 0 Å². The van der Waals surface area contributed by atoms with Crippen LogP contribution < -0.4 is 4.72 Å². The summed E-state index contributed by atoms with van der Waals surface area (Å²) in [7, 11) is -4.38. The number of amides is 1. The van der Waals surface area contributed by atoms with Crippen LogP contribution in [0.2, 0.25) is 0 Å². The minimum absolute atomic E-state index is 0.406. The Kier molecular flexibility index (Phi) is 3.47. The molecule has 0 fully saturated rings. The van der Waals surface area contributed by atoms with Crippen LogP contribution in [-0.4, -0.2) is 18.9 Å². The van der Waals surface area contributed by atoms with Gasteiger partial charge in [0.05, 0.1) is 0 Å². The zero-order chi connectivity index (χ0) is 9.07. The van der Waals surface area contributed by atoms with Crippen LogP contribution >= 0.6 is 0 Å². The standard InChI is InChI=1S/C5H11NO4S/c1-3-4(2)5(7)6-11(8,9)10/h4H,3H2,1-2H3,(H,6,7)(H,8,9,10). The van der Waals surface area contributed by atoms with Crippen molar-refractivity contribution in [2.45, 2.75) is 20.3 Å². The van der Waals surface area contributed by atoms with Gasteiger partial charge in [-0.2, -0.15) is 8.42 Å². The molecule has 0 aliphatic carbocycles. The molecule has 1 amide bonds. The Bertz CT molecular complexity index is 233. The van der Waals surface area contributed by atoms with E-state index in [4.69, 9.17) is 4.55 Å². The summed E-state index contributed by atoms with van der Waals surface area (Å²) in [5.41, 5.74) is 0. The van der Waals surface area contributed by atoms with Crippen molar-refractivity contribution < 1.29 is 17.8 Å². The van der Waals surface area contributed by atoms with Gasteiger partial charge in [0.1, 0.15) is 0 Å². The molecule has 6 heteroatoms. The summed E-state index contributed by atoms with van der Waals surface area (Å²) in [6, 6.07) is 0. The fourth-order valence-electron chi connectivity index (χ4n) is 0.413. The first-order chi connectivity index (χ1) is 4.87. The third-order valence-corrected chi connectivity index (χ3v) is 1.75. The zero-order valence-electron chi connectivity index (χ0n) is 6.36. The van der Waals surface area contributed by atoms with Crippen LogP contribution in [-0.2, 0) is 15.1 Å². The lowest BCUT2D eigenvalue weighted by molar-refractivity contribution is -0.122. The third-order valence-electron chi connectivity index (χ3n) is 1.29. The van der Waals surface area contributed by atoms with Crippen molar-refractivity contribution >= 4 is 16.2 Å². The highest BCUT2D eigenvalue weighted by atomic mass is 32.2. The molecule has 0 spiro atoms. The normalized spacial score (nSPS) is 14.1. The number of rotatable bonds is 3. The molecular formula is C5H11NO4S. The molecule has 66 valence electrons. The topological polar surface area (TPSA) is 83.5 Å². The first-order valence-electron chi connectivity index (χ1n) is 3.16. The van der Waals surface area contributed by atoms with E-state index < -0.39 is 22.1 Å². The summed E-state index contributed by atoms with van der Waals surface area (Å²) >= 11 is 0. The van der Waals surface area contributed by atoms with E-state index in [2.05, 4.69) is 0 Å². The molecule has 0 radical (unpaired) electrons. The predicted molar refractivity (Wildman–Crippen MR) is 39.1 cm³/mol. The molecule has 0 rings (SSSR count). The van der Waals surface area contributed by atoms with Gasteiger partial charge in [-0.05, 0) is 6.42 Å². The Morgan fingerprint density at radius 3 is 2.36 bits per heavy atom. The van der Waals surface area contributed by atoms with Crippen molar-refractivity contribution in [2.75, 3.05) is 0 Å². The number of nitrogens with one attached hydrogen (secondary N) is 1. The molecule has 0 aromatic rings. The fraction of sp³-hybridized carbons (Fsp3) is 0.800. The predicted octanol–water partition coefficient (Wildman–Crippen LogP) is -0.0485. The van der Waals surface area contributed by atoms with Crippen molar-refractivity contribution in [3.63, 3.8) is 0 Å². The van der Waals surface area contributed by atoms with Gasteiger partial charge in [0, 0.05) is 5.92 Å². The SMILES string of the molecule is CCC(C)C(=O)NS(=O)(=O)O. The molecule has 0 saturated carbocycles. The highest BCUT2D eigenvalue weighted by Gasteiger charge is 2.15. The maximum atomic E-state index is 10.7. The molecule has 0 aromatic heterocycles. The summed E-state index contributed by atoms with van der Waals surface area (Å²) in [5.74, 6) is -1.09. The second-order valence-electron chi connectivity index (χ2n) is 2.25. The number of hydrogen-bond donors (Lipinski definition) is 2. The summed E-state index contributed by atoms with van der Waals surface area (Å²) in [6.45, 7) is 3.31. The highest BCUT2D eigenvalue weighted by Crippen LogP contribution is 1.99. The van der Waals surface area contributed by atoms with Crippen LogP contribution in [0.15, 0.2) is 0 Å². The zero-order valence-corrected chi connectivity index (χ0v) is 7.18. The molecule has 11 heavy (non-hydrogen) atoms. The van der Waals surface area contributed by atoms with Crippen molar-refractivity contribution in [3.05, 3.63) is 0 Å². The lowest BCUT2D eigenvalue weighted by atomic mass is 10.1. The Balaban J connectivity index is 4.10. The van der Waals surface area contributed by atoms with Crippen molar-refractivity contribution in [1.29, 1.82) is 0 Å². The number of hydrogen-bond acceptors (Lipinski definition) is 3. The van der Waals surface area contributed by atoms with Gasteiger partial charge in [-0.25, -0.2) is 4.72 Å². The first kappa shape index (κ1) is 10.4. The molecule has 5 nitrogen and oxygen atoms in total. The van der Waals surface area contributed by atoms with E-state index in [1.807, 2.05) is 0 Å². The van der Waals surface area contributed by atoms with E-state index >= 15 is 0 Å². The van der Waals surface area contributed by atoms with Gasteiger partial charge in [-0.1, -0.05) is 13.8 Å². The van der Waals surface area contributed by atoms with Crippen LogP contribution in [0.3, 0.4) is 0 Å². The van der Waals surface area contributed by atoms with Crippen LogP contribution in [0.1, 0.15) is 20.3 Å². The second-order valence-corrected chi connectivity index (χ2v) is 3.40. The quantitative estimate of drug-likeness (QED) is 0.598. The number of carbonyl (C=O) groups excluding carboxylic acids is 1. The second kappa shape index (κ2) is 3.68. The van der Waals surface area contributed by atoms with Crippen LogP contribution in [0.5, 0.6) is 0 Å². The summed E-state index contributed by atoms with van der Waals surface area (Å²) in [5, 5.41) is 0. The lowest BCUT2D eigenvalue weighted by Crippen LogP contribution is -2.33. The molecule has 0 heterocycles. The van der Waals surface area contributed by atoms with E-state index in [9.17, 15) is 13.2 Å². The summed E-state index contributed by atoms with van der Waals surface area (Å²) < 4.78 is 29.8.